The molecule has 4 nitrogen and oxygen atoms in total. The second kappa shape index (κ2) is 4.12. The van der Waals surface area contributed by atoms with E-state index in [2.05, 4.69) is 51.3 Å². The van der Waals surface area contributed by atoms with Gasteiger partial charge in [0, 0.05) is 37.3 Å². The number of rotatable bonds is 0. The molecule has 0 radical (unpaired) electrons. The van der Waals surface area contributed by atoms with E-state index in [1.807, 2.05) is 4.90 Å². The zero-order valence-corrected chi connectivity index (χ0v) is 12.7. The maximum atomic E-state index is 12.4. The molecule has 0 aromatic heterocycles. The fourth-order valence-electron chi connectivity index (χ4n) is 2.88. The molecule has 18 heavy (non-hydrogen) atoms. The van der Waals surface area contributed by atoms with Crippen LogP contribution in [-0.4, -0.2) is 64.0 Å². The van der Waals surface area contributed by atoms with E-state index in [0.29, 0.717) is 6.04 Å². The number of fused-ring (bicyclic) bond motifs is 1. The van der Waals surface area contributed by atoms with E-state index in [1.165, 1.54) is 0 Å². The van der Waals surface area contributed by atoms with E-state index in [0.717, 1.165) is 26.2 Å². The smallest absolute Gasteiger partial charge is 0.318 e. The maximum Gasteiger partial charge on any atom is 0.320 e. The monoisotopic (exact) mass is 253 g/mol. The summed E-state index contributed by atoms with van der Waals surface area (Å²) in [6.07, 6.45) is 0. The third-order valence-electron chi connectivity index (χ3n) is 4.11. The molecule has 0 N–H and O–H groups in total. The highest BCUT2D eigenvalue weighted by Crippen LogP contribution is 2.29. The largest absolute Gasteiger partial charge is 0.320 e. The molecule has 2 saturated heterocycles. The molecule has 0 aromatic carbocycles. The van der Waals surface area contributed by atoms with Crippen molar-refractivity contribution in [1.82, 2.24) is 14.7 Å². The van der Waals surface area contributed by atoms with Crippen molar-refractivity contribution in [2.75, 3.05) is 26.2 Å². The van der Waals surface area contributed by atoms with Gasteiger partial charge in [0.05, 0.1) is 6.04 Å². The summed E-state index contributed by atoms with van der Waals surface area (Å²) < 4.78 is 0. The Balaban J connectivity index is 2.11. The molecule has 104 valence electrons. The molecule has 2 fully saturated rings. The summed E-state index contributed by atoms with van der Waals surface area (Å²) in [6.45, 7) is 16.8. The quantitative estimate of drug-likeness (QED) is 0.660. The number of piperazine rings is 1. The predicted octanol–water partition coefficient (Wildman–Crippen LogP) is 2.01. The van der Waals surface area contributed by atoms with Gasteiger partial charge >= 0.3 is 6.03 Å². The SMILES string of the molecule is CC(C)(C)N1CCN2C(=O)N(C(C)(C)C)CC2C1. The highest BCUT2D eigenvalue weighted by molar-refractivity contribution is 5.78. The first-order chi connectivity index (χ1) is 8.10. The number of carbonyl (C=O) groups excluding carboxylic acids is 1. The van der Waals surface area contributed by atoms with Crippen LogP contribution in [0.4, 0.5) is 4.79 Å². The highest BCUT2D eigenvalue weighted by atomic mass is 16.2. The van der Waals surface area contributed by atoms with Crippen LogP contribution < -0.4 is 0 Å². The minimum Gasteiger partial charge on any atom is -0.318 e. The lowest BCUT2D eigenvalue weighted by molar-refractivity contribution is 0.0558. The minimum absolute atomic E-state index is 0.0685. The van der Waals surface area contributed by atoms with Crippen molar-refractivity contribution in [1.29, 1.82) is 0 Å². The first kappa shape index (κ1) is 13.7. The standard InChI is InChI=1S/C14H27N3O/c1-13(2,3)15-7-8-16-11(9-15)10-17(12(16)18)14(4,5)6/h11H,7-10H2,1-6H3. The molecule has 2 rings (SSSR count). The minimum atomic E-state index is -0.0685. The second-order valence-corrected chi connectivity index (χ2v) is 7.53. The lowest BCUT2D eigenvalue weighted by Gasteiger charge is -2.43. The zero-order valence-electron chi connectivity index (χ0n) is 12.7. The van der Waals surface area contributed by atoms with Gasteiger partial charge in [-0.25, -0.2) is 4.79 Å². The fraction of sp³-hybridized carbons (Fsp3) is 0.929. The van der Waals surface area contributed by atoms with Crippen molar-refractivity contribution in [3.8, 4) is 0 Å². The van der Waals surface area contributed by atoms with Gasteiger partial charge in [-0.2, -0.15) is 0 Å². The first-order valence-electron chi connectivity index (χ1n) is 6.94. The number of urea groups is 1. The molecule has 1 unspecified atom stereocenters. The summed E-state index contributed by atoms with van der Waals surface area (Å²) in [6, 6.07) is 0.589. The summed E-state index contributed by atoms with van der Waals surface area (Å²) in [4.78, 5) is 19.0. The number of amides is 2. The molecule has 0 saturated carbocycles. The predicted molar refractivity (Wildman–Crippen MR) is 73.7 cm³/mol. The molecule has 4 heteroatoms. The second-order valence-electron chi connectivity index (χ2n) is 7.53. The topological polar surface area (TPSA) is 26.8 Å². The lowest BCUT2D eigenvalue weighted by Crippen LogP contribution is -2.57. The Morgan fingerprint density at radius 3 is 2.06 bits per heavy atom. The molecule has 0 bridgehead atoms. The molecule has 1 atom stereocenters. The van der Waals surface area contributed by atoms with Gasteiger partial charge in [0.1, 0.15) is 0 Å². The van der Waals surface area contributed by atoms with Crippen LogP contribution in [0.5, 0.6) is 0 Å². The van der Waals surface area contributed by atoms with Gasteiger partial charge < -0.3 is 9.80 Å². The molecule has 0 aliphatic carbocycles. The van der Waals surface area contributed by atoms with Gasteiger partial charge in [0.25, 0.3) is 0 Å². The molecule has 0 aromatic rings. The Kier molecular flexibility index (Phi) is 3.13. The molecule has 2 amide bonds. The Hall–Kier alpha value is -0.770. The molecular weight excluding hydrogens is 226 g/mol. The van der Waals surface area contributed by atoms with Crippen LogP contribution in [0.25, 0.3) is 0 Å². The number of carbonyl (C=O) groups is 1. The molecular formula is C14H27N3O. The fourth-order valence-corrected chi connectivity index (χ4v) is 2.88. The number of hydrogen-bond donors (Lipinski definition) is 0. The van der Waals surface area contributed by atoms with Crippen LogP contribution in [0, 0.1) is 0 Å². The summed E-state index contributed by atoms with van der Waals surface area (Å²) in [5.74, 6) is 0. The molecule has 2 aliphatic heterocycles. The summed E-state index contributed by atoms with van der Waals surface area (Å²) in [7, 11) is 0. The van der Waals surface area contributed by atoms with Crippen LogP contribution in [-0.2, 0) is 0 Å². The third kappa shape index (κ3) is 2.35. The van der Waals surface area contributed by atoms with E-state index in [-0.39, 0.29) is 17.1 Å². The molecule has 2 aliphatic rings. The zero-order chi connectivity index (χ0) is 13.7. The average molecular weight is 253 g/mol. The first-order valence-corrected chi connectivity index (χ1v) is 6.94. The highest BCUT2D eigenvalue weighted by Gasteiger charge is 2.45. The van der Waals surface area contributed by atoms with Crippen LogP contribution in [0.2, 0.25) is 0 Å². The van der Waals surface area contributed by atoms with E-state index in [1.54, 1.807) is 0 Å². The van der Waals surface area contributed by atoms with E-state index in [4.69, 9.17) is 0 Å². The van der Waals surface area contributed by atoms with E-state index >= 15 is 0 Å². The molecule has 0 spiro atoms. The lowest BCUT2D eigenvalue weighted by atomic mass is 10.0. The van der Waals surface area contributed by atoms with Gasteiger partial charge in [0.15, 0.2) is 0 Å². The van der Waals surface area contributed by atoms with E-state index < -0.39 is 0 Å². The molecule has 2 heterocycles. The van der Waals surface area contributed by atoms with E-state index in [9.17, 15) is 4.79 Å². The summed E-state index contributed by atoms with van der Waals surface area (Å²) in [5, 5.41) is 0. The van der Waals surface area contributed by atoms with Gasteiger partial charge in [-0.15, -0.1) is 0 Å². The average Bonchev–Trinajstić information content (AvgIpc) is 2.54. The Morgan fingerprint density at radius 1 is 0.944 bits per heavy atom. The van der Waals surface area contributed by atoms with Crippen LogP contribution >= 0.6 is 0 Å². The van der Waals surface area contributed by atoms with Crippen LogP contribution in [0.3, 0.4) is 0 Å². The van der Waals surface area contributed by atoms with Gasteiger partial charge in [-0.1, -0.05) is 0 Å². The summed E-state index contributed by atoms with van der Waals surface area (Å²) >= 11 is 0. The van der Waals surface area contributed by atoms with Gasteiger partial charge in [-0.05, 0) is 41.5 Å². The van der Waals surface area contributed by atoms with Crippen molar-refractivity contribution in [3.05, 3.63) is 0 Å². The maximum absolute atomic E-state index is 12.4. The Morgan fingerprint density at radius 2 is 1.56 bits per heavy atom. The Bertz CT molecular complexity index is 340. The Labute approximate surface area is 111 Å². The van der Waals surface area contributed by atoms with Crippen molar-refractivity contribution in [2.24, 2.45) is 0 Å². The van der Waals surface area contributed by atoms with Crippen LogP contribution in [0.15, 0.2) is 0 Å². The van der Waals surface area contributed by atoms with Crippen molar-refractivity contribution >= 4 is 6.03 Å². The normalized spacial score (nSPS) is 26.8. The van der Waals surface area contributed by atoms with Crippen molar-refractivity contribution in [2.45, 2.75) is 58.7 Å². The van der Waals surface area contributed by atoms with Crippen molar-refractivity contribution < 1.29 is 4.79 Å². The number of hydrogen-bond acceptors (Lipinski definition) is 2. The number of nitrogens with zero attached hydrogens (tertiary/aromatic N) is 3. The third-order valence-corrected chi connectivity index (χ3v) is 4.11. The van der Waals surface area contributed by atoms with Gasteiger partial charge in [0.2, 0.25) is 0 Å². The van der Waals surface area contributed by atoms with Gasteiger partial charge in [-0.3, -0.25) is 4.90 Å². The van der Waals surface area contributed by atoms with Crippen molar-refractivity contribution in [3.63, 3.8) is 0 Å². The van der Waals surface area contributed by atoms with Crippen LogP contribution in [0.1, 0.15) is 41.5 Å². The summed E-state index contributed by atoms with van der Waals surface area (Å²) in [5.41, 5.74) is 0.130.